The van der Waals surface area contributed by atoms with Gasteiger partial charge in [0.25, 0.3) is 0 Å². The molecule has 1 aliphatic rings. The molecular formula is C49H31N3. The second-order valence-electron chi connectivity index (χ2n) is 13.2. The van der Waals surface area contributed by atoms with Crippen LogP contribution in [-0.2, 0) is 0 Å². The minimum absolute atomic E-state index is 0.641. The average Bonchev–Trinajstić information content (AvgIpc) is 3.56. The van der Waals surface area contributed by atoms with Crippen molar-refractivity contribution in [3.8, 4) is 89.8 Å². The lowest BCUT2D eigenvalue weighted by Crippen LogP contribution is -2.01. The van der Waals surface area contributed by atoms with E-state index in [9.17, 15) is 0 Å². The standard InChI is InChI=1S/C49H31N3/c1-3-12-34(13-4-1)38-16-7-10-19-45(38)49-51-47(36-14-5-2-6-15-36)50-48(52-49)37-28-24-33(25-29-37)32-22-26-35(27-23-32)39-30-31-44-41-18-9-8-17-40(41)43-21-11-20-42(39)46(43)44/h1-31H. The molecule has 0 unspecified atom stereocenters. The molecule has 0 fully saturated rings. The van der Waals surface area contributed by atoms with Gasteiger partial charge in [0.2, 0.25) is 0 Å². The van der Waals surface area contributed by atoms with Crippen molar-refractivity contribution in [2.24, 2.45) is 0 Å². The highest BCUT2D eigenvalue weighted by molar-refractivity contribution is 6.18. The molecule has 242 valence electrons. The van der Waals surface area contributed by atoms with E-state index < -0.39 is 0 Å². The molecule has 9 aromatic rings. The largest absolute Gasteiger partial charge is 0.208 e. The fraction of sp³-hybridized carbons (Fsp3) is 0. The summed E-state index contributed by atoms with van der Waals surface area (Å²) in [6.07, 6.45) is 0. The van der Waals surface area contributed by atoms with Crippen molar-refractivity contribution in [3.63, 3.8) is 0 Å². The monoisotopic (exact) mass is 661 g/mol. The number of aromatic nitrogens is 3. The molecule has 8 aromatic carbocycles. The van der Waals surface area contributed by atoms with Crippen LogP contribution >= 0.6 is 0 Å². The first-order valence-corrected chi connectivity index (χ1v) is 17.6. The molecule has 1 aliphatic carbocycles. The molecule has 10 rings (SSSR count). The van der Waals surface area contributed by atoms with Crippen molar-refractivity contribution in [1.29, 1.82) is 0 Å². The Hall–Kier alpha value is -6.97. The Bertz CT molecular complexity index is 2720. The summed E-state index contributed by atoms with van der Waals surface area (Å²) < 4.78 is 0. The number of hydrogen-bond acceptors (Lipinski definition) is 3. The molecule has 0 atom stereocenters. The molecule has 52 heavy (non-hydrogen) atoms. The third kappa shape index (κ3) is 5.10. The number of nitrogens with zero attached hydrogens (tertiary/aromatic N) is 3. The maximum Gasteiger partial charge on any atom is 0.164 e. The summed E-state index contributed by atoms with van der Waals surface area (Å²) in [5.74, 6) is 1.94. The maximum atomic E-state index is 5.07. The Kier molecular flexibility index (Phi) is 7.14. The summed E-state index contributed by atoms with van der Waals surface area (Å²) in [6.45, 7) is 0. The normalized spacial score (nSPS) is 11.5. The lowest BCUT2D eigenvalue weighted by molar-refractivity contribution is 1.07. The van der Waals surface area contributed by atoms with E-state index in [1.54, 1.807) is 0 Å². The van der Waals surface area contributed by atoms with Gasteiger partial charge in [0.05, 0.1) is 0 Å². The van der Waals surface area contributed by atoms with Crippen molar-refractivity contribution in [2.75, 3.05) is 0 Å². The molecule has 1 heterocycles. The van der Waals surface area contributed by atoms with Crippen molar-refractivity contribution >= 4 is 10.8 Å². The highest BCUT2D eigenvalue weighted by atomic mass is 15.0. The van der Waals surface area contributed by atoms with E-state index in [1.807, 2.05) is 42.5 Å². The Morgan fingerprint density at radius 1 is 0.212 bits per heavy atom. The summed E-state index contributed by atoms with van der Waals surface area (Å²) >= 11 is 0. The Morgan fingerprint density at radius 2 is 0.615 bits per heavy atom. The predicted molar refractivity (Wildman–Crippen MR) is 214 cm³/mol. The van der Waals surface area contributed by atoms with Gasteiger partial charge in [-0.2, -0.15) is 0 Å². The number of hydrogen-bond donors (Lipinski definition) is 0. The molecule has 0 saturated heterocycles. The number of benzene rings is 8. The van der Waals surface area contributed by atoms with E-state index in [0.717, 1.165) is 38.9 Å². The van der Waals surface area contributed by atoms with E-state index in [4.69, 9.17) is 15.0 Å². The van der Waals surface area contributed by atoms with Crippen molar-refractivity contribution in [3.05, 3.63) is 188 Å². The van der Waals surface area contributed by atoms with Crippen LogP contribution in [0.25, 0.3) is 101 Å². The van der Waals surface area contributed by atoms with Crippen molar-refractivity contribution in [2.45, 2.75) is 0 Å². The molecule has 3 heteroatoms. The quantitative estimate of drug-likeness (QED) is 0.178. The number of fused-ring (bicyclic) bond motifs is 3. The SMILES string of the molecule is c1ccc(-c2nc(-c3ccc(-c4ccc(-c5ccc6c7c(cccc57)-c5ccccc5-6)cc4)cc3)nc(-c3ccccc3-c3ccccc3)n2)cc1. The van der Waals surface area contributed by atoms with Crippen LogP contribution in [0.15, 0.2) is 188 Å². The molecule has 1 aromatic heterocycles. The smallest absolute Gasteiger partial charge is 0.164 e. The predicted octanol–water partition coefficient (Wildman–Crippen LogP) is 12.7. The lowest BCUT2D eigenvalue weighted by Gasteiger charge is -2.12. The zero-order valence-electron chi connectivity index (χ0n) is 28.2. The van der Waals surface area contributed by atoms with Crippen LogP contribution in [-0.4, -0.2) is 15.0 Å². The Labute approximate surface area is 302 Å². The summed E-state index contributed by atoms with van der Waals surface area (Å²) in [5, 5.41) is 2.64. The van der Waals surface area contributed by atoms with Gasteiger partial charge in [-0.15, -0.1) is 0 Å². The third-order valence-corrected chi connectivity index (χ3v) is 10.1. The van der Waals surface area contributed by atoms with Crippen molar-refractivity contribution < 1.29 is 0 Å². The van der Waals surface area contributed by atoms with Gasteiger partial charge in [-0.25, -0.2) is 15.0 Å². The molecule has 0 saturated carbocycles. The summed E-state index contributed by atoms with van der Waals surface area (Å²) in [4.78, 5) is 15.1. The molecule has 0 N–H and O–H groups in total. The summed E-state index contributed by atoms with van der Waals surface area (Å²) in [7, 11) is 0. The van der Waals surface area contributed by atoms with E-state index >= 15 is 0 Å². The maximum absolute atomic E-state index is 5.07. The first-order chi connectivity index (χ1) is 25.8. The Balaban J connectivity index is 0.997. The van der Waals surface area contributed by atoms with E-state index in [0.29, 0.717) is 17.5 Å². The average molecular weight is 662 g/mol. The Morgan fingerprint density at radius 3 is 1.25 bits per heavy atom. The lowest BCUT2D eigenvalue weighted by atomic mass is 9.93. The van der Waals surface area contributed by atoms with Gasteiger partial charge in [0, 0.05) is 16.7 Å². The van der Waals surface area contributed by atoms with Gasteiger partial charge in [0.15, 0.2) is 17.5 Å². The van der Waals surface area contributed by atoms with Gasteiger partial charge in [-0.05, 0) is 66.4 Å². The summed E-state index contributed by atoms with van der Waals surface area (Å²) in [5.41, 5.74) is 15.1. The summed E-state index contributed by atoms with van der Waals surface area (Å²) in [6, 6.07) is 66.3. The van der Waals surface area contributed by atoms with Gasteiger partial charge in [-0.1, -0.05) is 188 Å². The van der Waals surface area contributed by atoms with Gasteiger partial charge >= 0.3 is 0 Å². The molecule has 0 aliphatic heterocycles. The number of rotatable bonds is 6. The van der Waals surface area contributed by atoms with Gasteiger partial charge < -0.3 is 0 Å². The molecule has 0 bridgehead atoms. The molecule has 0 radical (unpaired) electrons. The van der Waals surface area contributed by atoms with Crippen LogP contribution < -0.4 is 0 Å². The molecule has 0 spiro atoms. The topological polar surface area (TPSA) is 38.7 Å². The zero-order valence-corrected chi connectivity index (χ0v) is 28.2. The first kappa shape index (κ1) is 29.9. The highest BCUT2D eigenvalue weighted by Gasteiger charge is 2.22. The van der Waals surface area contributed by atoms with Crippen LogP contribution in [0.4, 0.5) is 0 Å². The van der Waals surface area contributed by atoms with Crippen LogP contribution in [0, 0.1) is 0 Å². The van der Waals surface area contributed by atoms with Crippen LogP contribution in [0.5, 0.6) is 0 Å². The fourth-order valence-electron chi connectivity index (χ4n) is 7.60. The minimum Gasteiger partial charge on any atom is -0.208 e. The second kappa shape index (κ2) is 12.4. The van der Waals surface area contributed by atoms with Crippen LogP contribution in [0.3, 0.4) is 0 Å². The van der Waals surface area contributed by atoms with E-state index in [1.165, 1.54) is 44.2 Å². The minimum atomic E-state index is 0.641. The van der Waals surface area contributed by atoms with Gasteiger partial charge in [0.1, 0.15) is 0 Å². The zero-order chi connectivity index (χ0) is 34.4. The van der Waals surface area contributed by atoms with Crippen LogP contribution in [0.1, 0.15) is 0 Å². The second-order valence-corrected chi connectivity index (χ2v) is 13.2. The molecule has 0 amide bonds. The molecule has 3 nitrogen and oxygen atoms in total. The molecular weight excluding hydrogens is 631 g/mol. The van der Waals surface area contributed by atoms with Crippen LogP contribution in [0.2, 0.25) is 0 Å². The first-order valence-electron chi connectivity index (χ1n) is 17.6. The third-order valence-electron chi connectivity index (χ3n) is 10.1. The van der Waals surface area contributed by atoms with Crippen molar-refractivity contribution in [1.82, 2.24) is 15.0 Å². The van der Waals surface area contributed by atoms with E-state index in [2.05, 4.69) is 146 Å². The van der Waals surface area contributed by atoms with E-state index in [-0.39, 0.29) is 0 Å². The fourth-order valence-corrected chi connectivity index (χ4v) is 7.60. The highest BCUT2D eigenvalue weighted by Crippen LogP contribution is 2.49. The van der Waals surface area contributed by atoms with Gasteiger partial charge in [-0.3, -0.25) is 0 Å².